The number of pyridine rings is 1. The highest BCUT2D eigenvalue weighted by Crippen LogP contribution is 2.24. The van der Waals surface area contributed by atoms with E-state index < -0.39 is 0 Å². The molecular weight excluding hydrogens is 352 g/mol. The zero-order chi connectivity index (χ0) is 20.1. The second-order valence-electron chi connectivity index (χ2n) is 7.71. The second-order valence-corrected chi connectivity index (χ2v) is 7.71. The lowest BCUT2D eigenvalue weighted by Gasteiger charge is -2.19. The molecule has 0 aliphatic heterocycles. The molecule has 0 spiro atoms. The molecule has 1 amide bonds. The smallest absolute Gasteiger partial charge is 0.258 e. The van der Waals surface area contributed by atoms with E-state index in [1.807, 2.05) is 54.1 Å². The Morgan fingerprint density at radius 1 is 1.11 bits per heavy atom. The summed E-state index contributed by atoms with van der Waals surface area (Å²) in [6.07, 6.45) is 5.32. The zero-order valence-corrected chi connectivity index (χ0v) is 16.8. The number of nitrogens with zero attached hydrogens (tertiary/aromatic N) is 3. The molecule has 0 fully saturated rings. The fraction of sp³-hybridized carbons (Fsp3) is 0.318. The predicted octanol–water partition coefficient (Wildman–Crippen LogP) is 3.57. The number of rotatable bonds is 6. The molecule has 0 bridgehead atoms. The minimum atomic E-state index is -0.169. The highest BCUT2D eigenvalue weighted by atomic mass is 16.5. The lowest BCUT2D eigenvalue weighted by molar-refractivity contribution is -0.123. The van der Waals surface area contributed by atoms with Crippen molar-refractivity contribution in [2.45, 2.75) is 39.7 Å². The van der Waals surface area contributed by atoms with Gasteiger partial charge in [-0.3, -0.25) is 9.36 Å². The SMILES string of the molecule is Cc1nccn1-c1cc(CNC(=O)COc2ccc(C(C)(C)C)cc2)ccn1. The summed E-state index contributed by atoms with van der Waals surface area (Å²) in [5.74, 6) is 2.15. The molecule has 0 unspecified atom stereocenters. The van der Waals surface area contributed by atoms with Crippen molar-refractivity contribution < 1.29 is 9.53 Å². The standard InChI is InChI=1S/C22H26N4O2/c1-16-23-11-12-26(16)20-13-17(9-10-24-20)14-25-21(27)15-28-19-7-5-18(6-8-19)22(2,3)4/h5-13H,14-15H2,1-4H3,(H,25,27). The summed E-state index contributed by atoms with van der Waals surface area (Å²) in [5.41, 5.74) is 2.28. The van der Waals surface area contributed by atoms with Crippen LogP contribution in [0.25, 0.3) is 5.82 Å². The van der Waals surface area contributed by atoms with E-state index in [-0.39, 0.29) is 17.9 Å². The molecule has 6 nitrogen and oxygen atoms in total. The first-order chi connectivity index (χ1) is 13.3. The van der Waals surface area contributed by atoms with E-state index in [1.165, 1.54) is 5.56 Å². The quantitative estimate of drug-likeness (QED) is 0.712. The molecule has 2 aromatic heterocycles. The predicted molar refractivity (Wildman–Crippen MR) is 109 cm³/mol. The summed E-state index contributed by atoms with van der Waals surface area (Å²) in [6, 6.07) is 11.7. The highest BCUT2D eigenvalue weighted by molar-refractivity contribution is 5.77. The molecule has 0 saturated carbocycles. The Morgan fingerprint density at radius 3 is 2.50 bits per heavy atom. The van der Waals surface area contributed by atoms with Crippen molar-refractivity contribution in [3.05, 3.63) is 71.9 Å². The fourth-order valence-electron chi connectivity index (χ4n) is 2.77. The maximum absolute atomic E-state index is 12.1. The normalized spacial score (nSPS) is 11.3. The van der Waals surface area contributed by atoms with Crippen LogP contribution in [0.1, 0.15) is 37.7 Å². The van der Waals surface area contributed by atoms with Crippen LogP contribution in [-0.2, 0) is 16.8 Å². The van der Waals surface area contributed by atoms with Gasteiger partial charge in [-0.15, -0.1) is 0 Å². The van der Waals surface area contributed by atoms with E-state index in [0.717, 1.165) is 17.2 Å². The largest absolute Gasteiger partial charge is 0.484 e. The van der Waals surface area contributed by atoms with Crippen molar-refractivity contribution in [2.75, 3.05) is 6.61 Å². The van der Waals surface area contributed by atoms with Gasteiger partial charge in [0.1, 0.15) is 17.4 Å². The zero-order valence-electron chi connectivity index (χ0n) is 16.8. The summed E-state index contributed by atoms with van der Waals surface area (Å²) < 4.78 is 7.48. The number of hydrogen-bond donors (Lipinski definition) is 1. The summed E-state index contributed by atoms with van der Waals surface area (Å²) in [4.78, 5) is 20.7. The van der Waals surface area contributed by atoms with E-state index >= 15 is 0 Å². The molecular formula is C22H26N4O2. The average Bonchev–Trinajstić information content (AvgIpc) is 3.10. The maximum atomic E-state index is 12.1. The molecule has 0 aliphatic rings. The maximum Gasteiger partial charge on any atom is 0.258 e. The molecule has 1 N–H and O–H groups in total. The van der Waals surface area contributed by atoms with Crippen LogP contribution in [-0.4, -0.2) is 27.0 Å². The number of nitrogens with one attached hydrogen (secondary N) is 1. The van der Waals surface area contributed by atoms with Gasteiger partial charge in [-0.05, 0) is 47.7 Å². The lowest BCUT2D eigenvalue weighted by atomic mass is 9.87. The monoisotopic (exact) mass is 378 g/mol. The fourth-order valence-corrected chi connectivity index (χ4v) is 2.77. The number of imidazole rings is 1. The Bertz CT molecular complexity index is 940. The Kier molecular flexibility index (Phi) is 5.78. The van der Waals surface area contributed by atoms with E-state index in [1.54, 1.807) is 12.4 Å². The first-order valence-electron chi connectivity index (χ1n) is 9.28. The van der Waals surface area contributed by atoms with Gasteiger partial charge in [-0.2, -0.15) is 0 Å². The molecule has 3 aromatic rings. The molecule has 6 heteroatoms. The number of hydrogen-bond acceptors (Lipinski definition) is 4. The second kappa shape index (κ2) is 8.25. The van der Waals surface area contributed by atoms with E-state index in [0.29, 0.717) is 12.3 Å². The number of aromatic nitrogens is 3. The molecule has 0 saturated heterocycles. The Hall–Kier alpha value is -3.15. The molecule has 0 radical (unpaired) electrons. The van der Waals surface area contributed by atoms with Crippen LogP contribution in [0.4, 0.5) is 0 Å². The molecule has 1 aromatic carbocycles. The highest BCUT2D eigenvalue weighted by Gasteiger charge is 2.13. The number of amides is 1. The lowest BCUT2D eigenvalue weighted by Crippen LogP contribution is -2.28. The number of ether oxygens (including phenoxy) is 1. The van der Waals surface area contributed by atoms with Crippen LogP contribution in [0.15, 0.2) is 55.0 Å². The van der Waals surface area contributed by atoms with Gasteiger partial charge in [-0.1, -0.05) is 32.9 Å². The molecule has 3 rings (SSSR count). The van der Waals surface area contributed by atoms with Gasteiger partial charge < -0.3 is 10.1 Å². The van der Waals surface area contributed by atoms with Gasteiger partial charge in [0.2, 0.25) is 0 Å². The van der Waals surface area contributed by atoms with E-state index in [2.05, 4.69) is 36.1 Å². The third kappa shape index (κ3) is 4.97. The Morgan fingerprint density at radius 2 is 1.86 bits per heavy atom. The summed E-state index contributed by atoms with van der Waals surface area (Å²) in [5, 5.41) is 2.88. The number of carbonyl (C=O) groups excluding carboxylic acids is 1. The van der Waals surface area contributed by atoms with Crippen molar-refractivity contribution in [2.24, 2.45) is 0 Å². The van der Waals surface area contributed by atoms with Gasteiger partial charge in [0.05, 0.1) is 0 Å². The number of benzene rings is 1. The van der Waals surface area contributed by atoms with Crippen molar-refractivity contribution in [3.63, 3.8) is 0 Å². The number of aryl methyl sites for hydroxylation is 1. The first kappa shape index (κ1) is 19.6. The molecule has 0 atom stereocenters. The van der Waals surface area contributed by atoms with Crippen LogP contribution in [0, 0.1) is 6.92 Å². The van der Waals surface area contributed by atoms with Crippen molar-refractivity contribution >= 4 is 5.91 Å². The minimum absolute atomic E-state index is 0.0204. The Labute approximate surface area is 165 Å². The average molecular weight is 378 g/mol. The third-order valence-electron chi connectivity index (χ3n) is 4.46. The van der Waals surface area contributed by atoms with Crippen LogP contribution >= 0.6 is 0 Å². The van der Waals surface area contributed by atoms with Crippen LogP contribution in [0.5, 0.6) is 5.75 Å². The van der Waals surface area contributed by atoms with Crippen molar-refractivity contribution in [1.82, 2.24) is 19.9 Å². The van der Waals surface area contributed by atoms with E-state index in [9.17, 15) is 4.79 Å². The van der Waals surface area contributed by atoms with Gasteiger partial charge in [-0.25, -0.2) is 9.97 Å². The molecule has 0 aliphatic carbocycles. The van der Waals surface area contributed by atoms with Crippen molar-refractivity contribution in [1.29, 1.82) is 0 Å². The van der Waals surface area contributed by atoms with Crippen LogP contribution in [0.3, 0.4) is 0 Å². The van der Waals surface area contributed by atoms with Crippen LogP contribution < -0.4 is 10.1 Å². The minimum Gasteiger partial charge on any atom is -0.484 e. The molecule has 2 heterocycles. The summed E-state index contributed by atoms with van der Waals surface area (Å²) in [6.45, 7) is 8.79. The number of carbonyl (C=O) groups is 1. The molecule has 146 valence electrons. The van der Waals surface area contributed by atoms with Gasteiger partial charge in [0, 0.05) is 25.1 Å². The topological polar surface area (TPSA) is 69.0 Å². The van der Waals surface area contributed by atoms with Crippen molar-refractivity contribution in [3.8, 4) is 11.6 Å². The third-order valence-corrected chi connectivity index (χ3v) is 4.46. The van der Waals surface area contributed by atoms with Gasteiger partial charge in [0.25, 0.3) is 5.91 Å². The van der Waals surface area contributed by atoms with E-state index in [4.69, 9.17) is 4.74 Å². The first-order valence-corrected chi connectivity index (χ1v) is 9.28. The van der Waals surface area contributed by atoms with Crippen LogP contribution in [0.2, 0.25) is 0 Å². The van der Waals surface area contributed by atoms with Gasteiger partial charge in [0.15, 0.2) is 6.61 Å². The molecule has 28 heavy (non-hydrogen) atoms. The summed E-state index contributed by atoms with van der Waals surface area (Å²) >= 11 is 0. The van der Waals surface area contributed by atoms with Gasteiger partial charge >= 0.3 is 0 Å². The Balaban J connectivity index is 1.51. The summed E-state index contributed by atoms with van der Waals surface area (Å²) in [7, 11) is 0.